The van der Waals surface area contributed by atoms with E-state index in [1.165, 1.54) is 0 Å². The molecule has 2 amide bonds. The van der Waals surface area contributed by atoms with Crippen LogP contribution in [-0.4, -0.2) is 43.0 Å². The van der Waals surface area contributed by atoms with Crippen molar-refractivity contribution in [2.45, 2.75) is 6.42 Å². The van der Waals surface area contributed by atoms with Gasteiger partial charge in [-0.2, -0.15) is 0 Å². The number of carbonyl (C=O) groups is 2. The Morgan fingerprint density at radius 2 is 1.77 bits per heavy atom. The van der Waals surface area contributed by atoms with Gasteiger partial charge in [0.2, 0.25) is 5.91 Å². The van der Waals surface area contributed by atoms with E-state index >= 15 is 0 Å². The minimum absolute atomic E-state index is 0. The van der Waals surface area contributed by atoms with Crippen LogP contribution in [-0.2, 0) is 16.0 Å². The van der Waals surface area contributed by atoms with Gasteiger partial charge in [-0.3, -0.25) is 9.59 Å². The summed E-state index contributed by atoms with van der Waals surface area (Å²) in [5.74, 6) is -0.121. The maximum atomic E-state index is 12.2. The zero-order valence-corrected chi connectivity index (χ0v) is 15.1. The van der Waals surface area contributed by atoms with Gasteiger partial charge in [-0.15, -0.1) is 12.4 Å². The molecule has 0 atom stereocenters. The summed E-state index contributed by atoms with van der Waals surface area (Å²) < 4.78 is 5.25. The number of anilines is 2. The number of ether oxygens (including phenoxy) is 1. The molecule has 0 unspecified atom stereocenters. The second-order valence-electron chi connectivity index (χ2n) is 5.95. The molecule has 1 aliphatic rings. The second kappa shape index (κ2) is 9.22. The Balaban J connectivity index is 0.00000243. The quantitative estimate of drug-likeness (QED) is 0.803. The summed E-state index contributed by atoms with van der Waals surface area (Å²) in [4.78, 5) is 26.3. The van der Waals surface area contributed by atoms with Crippen LogP contribution in [0, 0.1) is 0 Å². The van der Waals surface area contributed by atoms with Crippen LogP contribution in [0.25, 0.3) is 0 Å². The highest BCUT2D eigenvalue weighted by molar-refractivity contribution is 6.04. The van der Waals surface area contributed by atoms with E-state index in [1.54, 1.807) is 36.4 Å². The molecule has 1 saturated heterocycles. The maximum Gasteiger partial charge on any atom is 0.255 e. The topological polar surface area (TPSA) is 84.7 Å². The molecule has 0 radical (unpaired) electrons. The fraction of sp³-hybridized carbons (Fsp3) is 0.263. The Hall–Kier alpha value is -2.57. The Kier molecular flexibility index (Phi) is 7.00. The number of rotatable bonds is 4. The zero-order chi connectivity index (χ0) is 17.6. The summed E-state index contributed by atoms with van der Waals surface area (Å²) in [6.07, 6.45) is 0.351. The normalized spacial score (nSPS) is 13.6. The first-order valence-corrected chi connectivity index (χ1v) is 8.23. The lowest BCUT2D eigenvalue weighted by Gasteiger charge is -2.26. The number of amides is 2. The summed E-state index contributed by atoms with van der Waals surface area (Å²) in [6.45, 7) is 2.49. The van der Waals surface area contributed by atoms with Crippen molar-refractivity contribution in [3.63, 3.8) is 0 Å². The third-order valence-corrected chi connectivity index (χ3v) is 4.08. The number of benzene rings is 2. The van der Waals surface area contributed by atoms with E-state index in [-0.39, 0.29) is 24.2 Å². The van der Waals surface area contributed by atoms with Gasteiger partial charge in [-0.05, 0) is 35.9 Å². The lowest BCUT2D eigenvalue weighted by Crippen LogP contribution is -2.41. The van der Waals surface area contributed by atoms with Crippen LogP contribution in [0.5, 0.6) is 0 Å². The van der Waals surface area contributed by atoms with Crippen LogP contribution in [0.4, 0.5) is 11.4 Å². The minimum atomic E-state index is -0.218. The molecule has 6 nitrogen and oxygen atoms in total. The highest BCUT2D eigenvalue weighted by atomic mass is 35.5. The number of carbonyl (C=O) groups excluding carboxylic acids is 2. The van der Waals surface area contributed by atoms with Crippen molar-refractivity contribution in [3.05, 3.63) is 59.7 Å². The first-order valence-electron chi connectivity index (χ1n) is 8.23. The van der Waals surface area contributed by atoms with E-state index in [0.717, 1.165) is 5.56 Å². The highest BCUT2D eigenvalue weighted by Gasteiger charge is 2.17. The molecule has 0 spiro atoms. The molecule has 2 aromatic rings. The SMILES string of the molecule is Cl.Nc1cccc(C(=O)Nc2ccc(CC(=O)N3CCOCC3)cc2)c1. The number of nitrogens with two attached hydrogens (primary N) is 1. The summed E-state index contributed by atoms with van der Waals surface area (Å²) in [5, 5.41) is 2.82. The van der Waals surface area contributed by atoms with E-state index in [0.29, 0.717) is 49.7 Å². The van der Waals surface area contributed by atoms with Gasteiger partial charge < -0.3 is 20.7 Å². The smallest absolute Gasteiger partial charge is 0.255 e. The molecule has 7 heteroatoms. The fourth-order valence-corrected chi connectivity index (χ4v) is 2.69. The Morgan fingerprint density at radius 1 is 1.08 bits per heavy atom. The van der Waals surface area contributed by atoms with Crippen molar-refractivity contribution in [3.8, 4) is 0 Å². The number of hydrogen-bond acceptors (Lipinski definition) is 4. The summed E-state index contributed by atoms with van der Waals surface area (Å²) in [6, 6.07) is 14.1. The fourth-order valence-electron chi connectivity index (χ4n) is 2.69. The molecule has 0 saturated carbocycles. The molecule has 3 rings (SSSR count). The van der Waals surface area contributed by atoms with Gasteiger partial charge in [-0.1, -0.05) is 18.2 Å². The standard InChI is InChI=1S/C19H21N3O3.ClH/c20-16-3-1-2-15(13-16)19(24)21-17-6-4-14(5-7-17)12-18(23)22-8-10-25-11-9-22;/h1-7,13H,8-12,20H2,(H,21,24);1H. The van der Waals surface area contributed by atoms with Crippen LogP contribution >= 0.6 is 12.4 Å². The lowest BCUT2D eigenvalue weighted by atomic mass is 10.1. The molecule has 138 valence electrons. The zero-order valence-electron chi connectivity index (χ0n) is 14.3. The van der Waals surface area contributed by atoms with E-state index in [4.69, 9.17) is 10.5 Å². The predicted octanol–water partition coefficient (Wildman–Crippen LogP) is 2.34. The third kappa shape index (κ3) is 5.21. The first kappa shape index (κ1) is 19.8. The van der Waals surface area contributed by atoms with Gasteiger partial charge in [0.25, 0.3) is 5.91 Å². The molecule has 2 aromatic carbocycles. The van der Waals surface area contributed by atoms with Gasteiger partial charge >= 0.3 is 0 Å². The van der Waals surface area contributed by atoms with Crippen LogP contribution in [0.3, 0.4) is 0 Å². The van der Waals surface area contributed by atoms with Gasteiger partial charge in [-0.25, -0.2) is 0 Å². The van der Waals surface area contributed by atoms with Gasteiger partial charge in [0, 0.05) is 30.0 Å². The van der Waals surface area contributed by atoms with Gasteiger partial charge in [0.1, 0.15) is 0 Å². The lowest BCUT2D eigenvalue weighted by molar-refractivity contribution is -0.134. The Bertz CT molecular complexity index is 759. The number of morpholine rings is 1. The van der Waals surface area contributed by atoms with Crippen molar-refractivity contribution in [2.24, 2.45) is 0 Å². The summed E-state index contributed by atoms with van der Waals surface area (Å²) in [5.41, 5.74) is 8.34. The number of nitrogens with one attached hydrogen (secondary N) is 1. The molecule has 1 fully saturated rings. The first-order chi connectivity index (χ1) is 12.1. The average Bonchev–Trinajstić information content (AvgIpc) is 2.64. The number of halogens is 1. The highest BCUT2D eigenvalue weighted by Crippen LogP contribution is 2.14. The predicted molar refractivity (Wildman–Crippen MR) is 104 cm³/mol. The van der Waals surface area contributed by atoms with Crippen molar-refractivity contribution >= 4 is 35.6 Å². The van der Waals surface area contributed by atoms with Crippen molar-refractivity contribution < 1.29 is 14.3 Å². The molecule has 26 heavy (non-hydrogen) atoms. The van der Waals surface area contributed by atoms with Crippen molar-refractivity contribution in [1.82, 2.24) is 4.90 Å². The van der Waals surface area contributed by atoms with Crippen LogP contribution in [0.15, 0.2) is 48.5 Å². The number of hydrogen-bond donors (Lipinski definition) is 2. The second-order valence-corrected chi connectivity index (χ2v) is 5.95. The average molecular weight is 376 g/mol. The maximum absolute atomic E-state index is 12.2. The van der Waals surface area contributed by atoms with Crippen LogP contribution < -0.4 is 11.1 Å². The van der Waals surface area contributed by atoms with Crippen LogP contribution in [0.2, 0.25) is 0 Å². The molecule has 0 bridgehead atoms. The molecule has 1 heterocycles. The Labute approximate surface area is 158 Å². The van der Waals surface area contributed by atoms with E-state index in [1.807, 2.05) is 17.0 Å². The molecule has 3 N–H and O–H groups in total. The summed E-state index contributed by atoms with van der Waals surface area (Å²) >= 11 is 0. The van der Waals surface area contributed by atoms with E-state index in [2.05, 4.69) is 5.32 Å². The van der Waals surface area contributed by atoms with Crippen molar-refractivity contribution in [2.75, 3.05) is 37.4 Å². The van der Waals surface area contributed by atoms with Crippen molar-refractivity contribution in [1.29, 1.82) is 0 Å². The molecular formula is C19H22ClN3O3. The van der Waals surface area contributed by atoms with Gasteiger partial charge in [0.15, 0.2) is 0 Å². The summed E-state index contributed by atoms with van der Waals surface area (Å²) in [7, 11) is 0. The van der Waals surface area contributed by atoms with Crippen LogP contribution in [0.1, 0.15) is 15.9 Å². The molecular weight excluding hydrogens is 354 g/mol. The largest absolute Gasteiger partial charge is 0.399 e. The third-order valence-electron chi connectivity index (χ3n) is 4.08. The number of nitrogen functional groups attached to an aromatic ring is 1. The Morgan fingerprint density at radius 3 is 2.42 bits per heavy atom. The van der Waals surface area contributed by atoms with Gasteiger partial charge in [0.05, 0.1) is 19.6 Å². The van der Waals surface area contributed by atoms with E-state index in [9.17, 15) is 9.59 Å². The molecule has 0 aromatic heterocycles. The minimum Gasteiger partial charge on any atom is -0.399 e. The van der Waals surface area contributed by atoms with E-state index < -0.39 is 0 Å². The monoisotopic (exact) mass is 375 g/mol. The molecule has 0 aliphatic carbocycles. The molecule has 1 aliphatic heterocycles. The number of nitrogens with zero attached hydrogens (tertiary/aromatic N) is 1.